The van der Waals surface area contributed by atoms with Crippen LogP contribution in [0.4, 0.5) is 0 Å². The fourth-order valence-corrected chi connectivity index (χ4v) is 0.837. The van der Waals surface area contributed by atoms with Crippen molar-refractivity contribution in [2.45, 2.75) is 46.3 Å². The Morgan fingerprint density at radius 2 is 1.80 bits per heavy atom. The second kappa shape index (κ2) is 4.78. The molecule has 0 aromatic rings. The minimum atomic E-state index is -0.140. The van der Waals surface area contributed by atoms with Crippen LogP contribution in [0.1, 0.15) is 20.3 Å². The van der Waals surface area contributed by atoms with Crippen molar-refractivity contribution in [3.05, 3.63) is 0 Å². The van der Waals surface area contributed by atoms with Gasteiger partial charge in [-0.2, -0.15) is 0 Å². The van der Waals surface area contributed by atoms with E-state index >= 15 is 0 Å². The normalized spacial score (nSPS) is 16.5. The van der Waals surface area contributed by atoms with E-state index in [1.54, 1.807) is 0 Å². The van der Waals surface area contributed by atoms with Crippen LogP contribution >= 0.6 is 0 Å². The van der Waals surface area contributed by atoms with Gasteiger partial charge in [0.05, 0.1) is 6.10 Å². The molecular weight excluding hydrogens is 123 g/mol. The third-order valence-corrected chi connectivity index (χ3v) is 2.02. The fraction of sp³-hybridized carbons (Fsp3) is 1.00. The molecule has 1 nitrogen and oxygen atoms in total. The summed E-state index contributed by atoms with van der Waals surface area (Å²) in [4.78, 5) is 0. The molecule has 0 aromatic heterocycles. The zero-order chi connectivity index (χ0) is 8.15. The number of hydrogen-bond acceptors (Lipinski definition) is 1. The van der Waals surface area contributed by atoms with E-state index < -0.39 is 0 Å². The number of aliphatic hydroxyl groups is 1. The molecule has 60 valence electrons. The minimum Gasteiger partial charge on any atom is -0.393 e. The van der Waals surface area contributed by atoms with E-state index in [4.69, 9.17) is 5.11 Å². The predicted octanol–water partition coefficient (Wildman–Crippen LogP) is 2.15. The smallest absolute Gasteiger partial charge is 0.133 e. The zero-order valence-corrected chi connectivity index (χ0v) is 7.59. The highest BCUT2D eigenvalue weighted by Crippen LogP contribution is 2.12. The Labute approximate surface area is 64.9 Å². The molecule has 0 fully saturated rings. The molecule has 0 rings (SSSR count). The lowest BCUT2D eigenvalue weighted by atomic mass is 9.51. The predicted molar refractivity (Wildman–Crippen MR) is 47.8 cm³/mol. The molecule has 10 heavy (non-hydrogen) atoms. The monoisotopic (exact) mass is 142 g/mol. The van der Waals surface area contributed by atoms with Gasteiger partial charge in [0.25, 0.3) is 0 Å². The minimum absolute atomic E-state index is 0.140. The first-order valence-electron chi connectivity index (χ1n) is 4.22. The van der Waals surface area contributed by atoms with Crippen LogP contribution in [0.25, 0.3) is 0 Å². The Hall–Kier alpha value is 0.0249. The van der Waals surface area contributed by atoms with Crippen LogP contribution in [0.3, 0.4) is 0 Å². The molecule has 0 aliphatic rings. The van der Waals surface area contributed by atoms with Crippen LogP contribution in [0.2, 0.25) is 20.0 Å². The summed E-state index contributed by atoms with van der Waals surface area (Å²) >= 11 is 0. The largest absolute Gasteiger partial charge is 0.393 e. The maximum atomic E-state index is 9.13. The lowest BCUT2D eigenvalue weighted by Crippen LogP contribution is -2.14. The summed E-state index contributed by atoms with van der Waals surface area (Å²) in [6.45, 7) is 9.17. The van der Waals surface area contributed by atoms with Crippen LogP contribution in [0, 0.1) is 5.92 Å². The third-order valence-electron chi connectivity index (χ3n) is 2.02. The highest BCUT2D eigenvalue weighted by molar-refractivity contribution is 6.55. The van der Waals surface area contributed by atoms with E-state index in [0.29, 0.717) is 5.92 Å². The second-order valence-corrected chi connectivity index (χ2v) is 3.69. The highest BCUT2D eigenvalue weighted by atomic mass is 16.3. The van der Waals surface area contributed by atoms with Gasteiger partial charge in [-0.15, -0.1) is 0 Å². The van der Waals surface area contributed by atoms with E-state index in [9.17, 15) is 0 Å². The van der Waals surface area contributed by atoms with Gasteiger partial charge in [0.2, 0.25) is 0 Å². The van der Waals surface area contributed by atoms with Gasteiger partial charge in [-0.05, 0) is 12.8 Å². The molecule has 0 aliphatic heterocycles. The van der Waals surface area contributed by atoms with Gasteiger partial charge in [0.1, 0.15) is 6.71 Å². The van der Waals surface area contributed by atoms with Gasteiger partial charge in [-0.25, -0.2) is 0 Å². The quantitative estimate of drug-likeness (QED) is 0.596. The van der Waals surface area contributed by atoms with Crippen molar-refractivity contribution in [2.75, 3.05) is 0 Å². The summed E-state index contributed by atoms with van der Waals surface area (Å²) in [5.74, 6) is 0.461. The number of aliphatic hydroxyl groups excluding tert-OH is 1. The molecule has 0 aliphatic carbocycles. The van der Waals surface area contributed by atoms with Crippen LogP contribution in [-0.4, -0.2) is 17.9 Å². The summed E-state index contributed by atoms with van der Waals surface area (Å²) in [6, 6.07) is 0. The third kappa shape index (κ3) is 4.86. The molecule has 2 unspecified atom stereocenters. The average Bonchev–Trinajstić information content (AvgIpc) is 1.82. The summed E-state index contributed by atoms with van der Waals surface area (Å²) in [7, 11) is 0. The van der Waals surface area contributed by atoms with E-state index in [-0.39, 0.29) is 6.10 Å². The summed E-state index contributed by atoms with van der Waals surface area (Å²) < 4.78 is 0. The summed E-state index contributed by atoms with van der Waals surface area (Å²) in [5, 5.41) is 9.13. The molecule has 0 spiro atoms. The molecule has 0 saturated carbocycles. The Morgan fingerprint density at radius 1 is 1.30 bits per heavy atom. The van der Waals surface area contributed by atoms with Crippen LogP contribution in [0.5, 0.6) is 0 Å². The fourth-order valence-electron chi connectivity index (χ4n) is 0.837. The van der Waals surface area contributed by atoms with Crippen molar-refractivity contribution in [3.8, 4) is 0 Å². The van der Waals surface area contributed by atoms with Crippen LogP contribution in [0.15, 0.2) is 0 Å². The molecule has 1 N–H and O–H groups in total. The lowest BCUT2D eigenvalue weighted by molar-refractivity contribution is 0.133. The van der Waals surface area contributed by atoms with Gasteiger partial charge in [0, 0.05) is 0 Å². The molecule has 2 atom stereocenters. The van der Waals surface area contributed by atoms with Gasteiger partial charge in [-0.1, -0.05) is 33.3 Å². The van der Waals surface area contributed by atoms with Gasteiger partial charge < -0.3 is 5.11 Å². The molecule has 0 aromatic carbocycles. The van der Waals surface area contributed by atoms with E-state index in [0.717, 1.165) is 13.1 Å². The first-order chi connectivity index (χ1) is 4.54. The standard InChI is InChI=1S/C8H19BO/c1-7(8(2)10)5-6-9(3)4/h7-8,10H,5-6H2,1-4H3. The van der Waals surface area contributed by atoms with Crippen LogP contribution in [-0.2, 0) is 0 Å². The highest BCUT2D eigenvalue weighted by Gasteiger charge is 2.09. The maximum absolute atomic E-state index is 9.13. The maximum Gasteiger partial charge on any atom is 0.133 e. The molecule has 0 amide bonds. The molecule has 0 radical (unpaired) electrons. The summed E-state index contributed by atoms with van der Waals surface area (Å²) in [5.41, 5.74) is 0. The van der Waals surface area contributed by atoms with E-state index in [1.165, 1.54) is 6.32 Å². The van der Waals surface area contributed by atoms with Gasteiger partial charge in [0.15, 0.2) is 0 Å². The summed E-state index contributed by atoms with van der Waals surface area (Å²) in [6.07, 6.45) is 2.24. The van der Waals surface area contributed by atoms with E-state index in [2.05, 4.69) is 20.6 Å². The molecule has 2 heteroatoms. The van der Waals surface area contributed by atoms with Crippen molar-refractivity contribution in [1.29, 1.82) is 0 Å². The Kier molecular flexibility index (Phi) is 4.79. The van der Waals surface area contributed by atoms with Gasteiger partial charge >= 0.3 is 0 Å². The number of hydrogen-bond donors (Lipinski definition) is 1. The SMILES string of the molecule is CB(C)CCC(C)C(C)O. The lowest BCUT2D eigenvalue weighted by Gasteiger charge is -2.14. The molecule has 0 heterocycles. The van der Waals surface area contributed by atoms with E-state index in [1.807, 2.05) is 6.92 Å². The first kappa shape index (κ1) is 10.0. The first-order valence-corrected chi connectivity index (χ1v) is 4.22. The Bertz CT molecular complexity index is 81.3. The van der Waals surface area contributed by atoms with Crippen molar-refractivity contribution in [2.24, 2.45) is 5.92 Å². The zero-order valence-electron chi connectivity index (χ0n) is 7.59. The second-order valence-electron chi connectivity index (χ2n) is 3.69. The Morgan fingerprint density at radius 3 is 2.10 bits per heavy atom. The van der Waals surface area contributed by atoms with Crippen molar-refractivity contribution < 1.29 is 5.11 Å². The van der Waals surface area contributed by atoms with Crippen molar-refractivity contribution in [3.63, 3.8) is 0 Å². The van der Waals surface area contributed by atoms with Crippen LogP contribution < -0.4 is 0 Å². The number of rotatable bonds is 4. The molecular formula is C8H19BO. The molecule has 0 saturated heterocycles. The average molecular weight is 142 g/mol. The topological polar surface area (TPSA) is 20.2 Å². The van der Waals surface area contributed by atoms with Crippen molar-refractivity contribution in [1.82, 2.24) is 0 Å². The Balaban J connectivity index is 3.30. The van der Waals surface area contributed by atoms with Crippen molar-refractivity contribution >= 4 is 6.71 Å². The van der Waals surface area contributed by atoms with Gasteiger partial charge in [-0.3, -0.25) is 0 Å². The molecule has 0 bridgehead atoms.